The van der Waals surface area contributed by atoms with Crippen molar-refractivity contribution in [1.29, 1.82) is 0 Å². The van der Waals surface area contributed by atoms with Gasteiger partial charge in [-0.2, -0.15) is 0 Å². The first-order valence-corrected chi connectivity index (χ1v) is 12.4. The molecule has 3 aliphatic rings. The van der Waals surface area contributed by atoms with Crippen LogP contribution in [0.4, 0.5) is 0 Å². The summed E-state index contributed by atoms with van der Waals surface area (Å²) in [6.07, 6.45) is 1.45. The highest BCUT2D eigenvalue weighted by Crippen LogP contribution is 2.41. The monoisotopic (exact) mass is 442 g/mol. The summed E-state index contributed by atoms with van der Waals surface area (Å²) in [7, 11) is -1.17. The fraction of sp³-hybridized carbons (Fsp3) is 0.800. The maximum atomic E-state index is 13.0. The van der Waals surface area contributed by atoms with Gasteiger partial charge in [0.2, 0.25) is 10.0 Å². The third kappa shape index (κ3) is 4.87. The second kappa shape index (κ2) is 9.33. The average Bonchev–Trinajstić information content (AvgIpc) is 2.96. The van der Waals surface area contributed by atoms with Crippen LogP contribution in [0.25, 0.3) is 0 Å². The molecule has 3 heterocycles. The van der Waals surface area contributed by atoms with Crippen LogP contribution in [0.1, 0.15) is 33.1 Å². The SMILES string of the molecule is CCS(=O)(=O)N1CCC2(CC1)OC(=O)C(C)=C2C(=O)NCCCN1CCN(C)CC1. The molecule has 0 aromatic heterocycles. The molecule has 3 aliphatic heterocycles. The summed E-state index contributed by atoms with van der Waals surface area (Å²) in [5.74, 6) is -0.720. The molecule has 30 heavy (non-hydrogen) atoms. The van der Waals surface area contributed by atoms with E-state index < -0.39 is 21.6 Å². The smallest absolute Gasteiger partial charge is 0.335 e. The Labute approximate surface area is 179 Å². The zero-order valence-electron chi connectivity index (χ0n) is 18.3. The van der Waals surface area contributed by atoms with Crippen LogP contribution >= 0.6 is 0 Å². The van der Waals surface area contributed by atoms with E-state index in [4.69, 9.17) is 4.74 Å². The van der Waals surface area contributed by atoms with Crippen molar-refractivity contribution in [2.75, 3.05) is 65.2 Å². The molecule has 9 nitrogen and oxygen atoms in total. The van der Waals surface area contributed by atoms with Gasteiger partial charge >= 0.3 is 5.97 Å². The van der Waals surface area contributed by atoms with E-state index in [1.807, 2.05) is 0 Å². The Balaban J connectivity index is 1.56. The standard InChI is InChI=1S/C20H34N4O5S/c1-4-30(27,28)24-10-6-20(7-11-24)17(16(2)19(26)29-20)18(25)21-8-5-9-23-14-12-22(3)13-15-23/h4-15H2,1-3H3,(H,21,25). The molecule has 170 valence electrons. The predicted octanol–water partition coefficient (Wildman–Crippen LogP) is -0.202. The van der Waals surface area contributed by atoms with Gasteiger partial charge < -0.3 is 19.9 Å². The molecule has 0 aromatic carbocycles. The van der Waals surface area contributed by atoms with Crippen LogP contribution < -0.4 is 5.32 Å². The van der Waals surface area contributed by atoms with Gasteiger partial charge in [0.05, 0.1) is 11.3 Å². The number of rotatable bonds is 7. The molecule has 0 atom stereocenters. The lowest BCUT2D eigenvalue weighted by atomic mass is 9.83. The molecule has 0 aliphatic carbocycles. The highest BCUT2D eigenvalue weighted by atomic mass is 32.2. The average molecular weight is 443 g/mol. The van der Waals surface area contributed by atoms with Gasteiger partial charge in [0.15, 0.2) is 0 Å². The molecule has 0 unspecified atom stereocenters. The Kier molecular flexibility index (Phi) is 7.21. The number of nitrogens with zero attached hydrogens (tertiary/aromatic N) is 3. The molecule has 0 bridgehead atoms. The summed E-state index contributed by atoms with van der Waals surface area (Å²) >= 11 is 0. The minimum Gasteiger partial charge on any atom is -0.450 e. The minimum atomic E-state index is -3.30. The number of piperidine rings is 1. The molecule has 1 N–H and O–H groups in total. The number of amides is 1. The van der Waals surface area contributed by atoms with Crippen LogP contribution in [0.2, 0.25) is 0 Å². The molecule has 2 saturated heterocycles. The van der Waals surface area contributed by atoms with Crippen molar-refractivity contribution < 1.29 is 22.7 Å². The Morgan fingerprint density at radius 2 is 1.77 bits per heavy atom. The summed E-state index contributed by atoms with van der Waals surface area (Å²) < 4.78 is 31.3. The first kappa shape index (κ1) is 23.2. The molecule has 2 fully saturated rings. The van der Waals surface area contributed by atoms with Crippen LogP contribution in [0.5, 0.6) is 0 Å². The lowest BCUT2D eigenvalue weighted by Gasteiger charge is -2.38. The number of sulfonamides is 1. The summed E-state index contributed by atoms with van der Waals surface area (Å²) in [5.41, 5.74) is -0.304. The van der Waals surface area contributed by atoms with Crippen LogP contribution in [0.15, 0.2) is 11.1 Å². The number of nitrogens with one attached hydrogen (secondary N) is 1. The predicted molar refractivity (Wildman–Crippen MR) is 113 cm³/mol. The highest BCUT2D eigenvalue weighted by Gasteiger charge is 2.51. The van der Waals surface area contributed by atoms with Crippen molar-refractivity contribution in [3.05, 3.63) is 11.1 Å². The van der Waals surface area contributed by atoms with E-state index in [0.29, 0.717) is 30.5 Å². The second-order valence-electron chi connectivity index (χ2n) is 8.44. The third-order valence-corrected chi connectivity index (χ3v) is 8.35. The van der Waals surface area contributed by atoms with Gasteiger partial charge in [-0.25, -0.2) is 17.5 Å². The molecular formula is C20H34N4O5S. The lowest BCUT2D eigenvalue weighted by Crippen LogP contribution is -2.50. The van der Waals surface area contributed by atoms with E-state index in [9.17, 15) is 18.0 Å². The number of ether oxygens (including phenoxy) is 1. The number of esters is 1. The quantitative estimate of drug-likeness (QED) is 0.431. The summed E-state index contributed by atoms with van der Waals surface area (Å²) in [6, 6.07) is 0. The van der Waals surface area contributed by atoms with Crippen molar-refractivity contribution in [2.24, 2.45) is 0 Å². The summed E-state index contributed by atoms with van der Waals surface area (Å²) in [4.78, 5) is 29.9. The van der Waals surface area contributed by atoms with E-state index in [1.54, 1.807) is 13.8 Å². The number of carbonyl (C=O) groups excluding carboxylic acids is 2. The summed E-state index contributed by atoms with van der Waals surface area (Å²) in [5, 5.41) is 2.95. The van der Waals surface area contributed by atoms with Gasteiger partial charge in [-0.3, -0.25) is 4.79 Å². The van der Waals surface area contributed by atoms with E-state index in [1.165, 1.54) is 4.31 Å². The molecule has 0 aromatic rings. The Bertz CT molecular complexity index is 794. The molecule has 1 spiro atoms. The fourth-order valence-corrected chi connectivity index (χ4v) is 5.55. The van der Waals surface area contributed by atoms with Gasteiger partial charge in [-0.15, -0.1) is 0 Å². The van der Waals surface area contributed by atoms with Gasteiger partial charge in [0.1, 0.15) is 5.60 Å². The van der Waals surface area contributed by atoms with Crippen LogP contribution in [-0.4, -0.2) is 105 Å². The van der Waals surface area contributed by atoms with E-state index in [-0.39, 0.29) is 24.7 Å². The first-order chi connectivity index (χ1) is 14.2. The zero-order valence-corrected chi connectivity index (χ0v) is 19.1. The van der Waals surface area contributed by atoms with Crippen molar-refractivity contribution in [1.82, 2.24) is 19.4 Å². The van der Waals surface area contributed by atoms with E-state index in [2.05, 4.69) is 22.2 Å². The number of carbonyl (C=O) groups is 2. The largest absolute Gasteiger partial charge is 0.450 e. The van der Waals surface area contributed by atoms with E-state index in [0.717, 1.165) is 39.1 Å². The van der Waals surface area contributed by atoms with Gasteiger partial charge in [0, 0.05) is 64.2 Å². The molecule has 10 heteroatoms. The van der Waals surface area contributed by atoms with Crippen LogP contribution in [0.3, 0.4) is 0 Å². The number of hydrogen-bond acceptors (Lipinski definition) is 7. The Morgan fingerprint density at radius 3 is 2.37 bits per heavy atom. The summed E-state index contributed by atoms with van der Waals surface area (Å²) in [6.45, 7) is 9.38. The number of hydrogen-bond donors (Lipinski definition) is 1. The maximum Gasteiger partial charge on any atom is 0.335 e. The van der Waals surface area contributed by atoms with Crippen molar-refractivity contribution in [3.63, 3.8) is 0 Å². The normalized spacial score (nSPS) is 23.8. The number of likely N-dealkylation sites (N-methyl/N-ethyl adjacent to an activating group) is 1. The first-order valence-electron chi connectivity index (χ1n) is 10.8. The topological polar surface area (TPSA) is 99.3 Å². The fourth-order valence-electron chi connectivity index (χ4n) is 4.45. The van der Waals surface area contributed by atoms with Crippen LogP contribution in [0, 0.1) is 0 Å². The molecule has 1 amide bonds. The third-order valence-electron chi connectivity index (χ3n) is 6.47. The van der Waals surface area contributed by atoms with Crippen molar-refractivity contribution in [3.8, 4) is 0 Å². The molecule has 0 radical (unpaired) electrons. The zero-order chi connectivity index (χ0) is 21.9. The van der Waals surface area contributed by atoms with Gasteiger partial charge in [-0.05, 0) is 33.9 Å². The molecule has 3 rings (SSSR count). The molecular weight excluding hydrogens is 408 g/mol. The minimum absolute atomic E-state index is 0.0370. The van der Waals surface area contributed by atoms with Crippen molar-refractivity contribution in [2.45, 2.75) is 38.7 Å². The van der Waals surface area contributed by atoms with E-state index >= 15 is 0 Å². The second-order valence-corrected chi connectivity index (χ2v) is 10.7. The molecule has 0 saturated carbocycles. The highest BCUT2D eigenvalue weighted by molar-refractivity contribution is 7.89. The van der Waals surface area contributed by atoms with Crippen LogP contribution in [-0.2, 0) is 24.3 Å². The van der Waals surface area contributed by atoms with Gasteiger partial charge in [0.25, 0.3) is 5.91 Å². The maximum absolute atomic E-state index is 13.0. The number of piperazine rings is 1. The Hall–Kier alpha value is -1.49. The Morgan fingerprint density at radius 1 is 1.13 bits per heavy atom. The lowest BCUT2D eigenvalue weighted by molar-refractivity contribution is -0.150. The van der Waals surface area contributed by atoms with Crippen molar-refractivity contribution >= 4 is 21.9 Å². The van der Waals surface area contributed by atoms with Gasteiger partial charge in [-0.1, -0.05) is 0 Å².